The Morgan fingerprint density at radius 3 is 2.92 bits per heavy atom. The number of nitrogens with zero attached hydrogens (tertiary/aromatic N) is 2. The Bertz CT molecular complexity index is 295. The predicted octanol–water partition coefficient (Wildman–Crippen LogP) is 1.83. The second kappa shape index (κ2) is 4.44. The summed E-state index contributed by atoms with van der Waals surface area (Å²) in [6, 6.07) is 0. The summed E-state index contributed by atoms with van der Waals surface area (Å²) >= 11 is 5.96. The van der Waals surface area contributed by atoms with Crippen LogP contribution in [0.25, 0.3) is 5.57 Å². The second-order valence-electron chi connectivity index (χ2n) is 2.93. The van der Waals surface area contributed by atoms with Crippen LogP contribution in [0.15, 0.2) is 12.3 Å². The van der Waals surface area contributed by atoms with Crippen molar-refractivity contribution >= 4 is 17.2 Å². The maximum Gasteiger partial charge on any atom is 0.0862 e. The lowest BCUT2D eigenvalue weighted by molar-refractivity contribution is 0.755. The summed E-state index contributed by atoms with van der Waals surface area (Å²) in [6.07, 6.45) is 4.59. The average molecular weight is 200 g/mol. The van der Waals surface area contributed by atoms with Crippen molar-refractivity contribution in [3.05, 3.63) is 23.0 Å². The third-order valence-electron chi connectivity index (χ3n) is 1.88. The minimum Gasteiger partial charge on any atom is -0.330 e. The molecule has 0 atom stereocenters. The topological polar surface area (TPSA) is 43.8 Å². The molecule has 0 unspecified atom stereocenters. The molecule has 13 heavy (non-hydrogen) atoms. The molecule has 1 aromatic rings. The number of aromatic nitrogens is 2. The van der Waals surface area contributed by atoms with Crippen LogP contribution in [0.3, 0.4) is 0 Å². The standard InChI is InChI=1S/C9H14ClN3/c1-7(4-3-5-11)9-8(10)6-12-13(9)2/h4,6H,3,5,11H2,1-2H3. The number of halogens is 1. The quantitative estimate of drug-likeness (QED) is 0.807. The van der Waals surface area contributed by atoms with Crippen LogP contribution >= 0.6 is 11.6 Å². The van der Waals surface area contributed by atoms with E-state index < -0.39 is 0 Å². The van der Waals surface area contributed by atoms with Gasteiger partial charge in [-0.25, -0.2) is 0 Å². The lowest BCUT2D eigenvalue weighted by Crippen LogP contribution is -1.98. The molecule has 0 aliphatic carbocycles. The highest BCUT2D eigenvalue weighted by Crippen LogP contribution is 2.22. The van der Waals surface area contributed by atoms with Gasteiger partial charge in [-0.2, -0.15) is 5.10 Å². The minimum atomic E-state index is 0.660. The highest BCUT2D eigenvalue weighted by atomic mass is 35.5. The molecule has 2 N–H and O–H groups in total. The lowest BCUT2D eigenvalue weighted by atomic mass is 10.2. The second-order valence-corrected chi connectivity index (χ2v) is 3.34. The molecule has 0 aliphatic heterocycles. The first-order chi connectivity index (χ1) is 6.16. The number of rotatable bonds is 3. The fourth-order valence-corrected chi connectivity index (χ4v) is 1.57. The SMILES string of the molecule is CC(=CCCN)c1c(Cl)cnn1C. The molecular weight excluding hydrogens is 186 g/mol. The molecular formula is C9H14ClN3. The Morgan fingerprint density at radius 1 is 1.77 bits per heavy atom. The first kappa shape index (κ1) is 10.3. The van der Waals surface area contributed by atoms with Crippen molar-refractivity contribution in [3.63, 3.8) is 0 Å². The van der Waals surface area contributed by atoms with Crippen molar-refractivity contribution in [2.45, 2.75) is 13.3 Å². The summed E-state index contributed by atoms with van der Waals surface area (Å²) in [6.45, 7) is 2.67. The third kappa shape index (κ3) is 2.32. The van der Waals surface area contributed by atoms with E-state index in [4.69, 9.17) is 17.3 Å². The van der Waals surface area contributed by atoms with Gasteiger partial charge in [-0.15, -0.1) is 0 Å². The Labute approximate surface area is 83.2 Å². The van der Waals surface area contributed by atoms with Gasteiger partial charge in [-0.05, 0) is 25.5 Å². The van der Waals surface area contributed by atoms with E-state index in [2.05, 4.69) is 11.2 Å². The van der Waals surface area contributed by atoms with Crippen LogP contribution in [0, 0.1) is 0 Å². The zero-order valence-electron chi connectivity index (χ0n) is 7.92. The van der Waals surface area contributed by atoms with Crippen molar-refractivity contribution in [1.29, 1.82) is 0 Å². The summed E-state index contributed by atoms with van der Waals surface area (Å²) in [7, 11) is 1.88. The number of hydrogen-bond acceptors (Lipinski definition) is 2. The van der Waals surface area contributed by atoms with Crippen molar-refractivity contribution in [1.82, 2.24) is 9.78 Å². The Hall–Kier alpha value is -0.800. The molecule has 72 valence electrons. The first-order valence-corrected chi connectivity index (χ1v) is 4.59. The zero-order chi connectivity index (χ0) is 9.84. The molecule has 1 heterocycles. The van der Waals surface area contributed by atoms with E-state index in [1.54, 1.807) is 10.9 Å². The summed E-state index contributed by atoms with van der Waals surface area (Å²) < 4.78 is 1.77. The zero-order valence-corrected chi connectivity index (χ0v) is 8.67. The smallest absolute Gasteiger partial charge is 0.0862 e. The predicted molar refractivity (Wildman–Crippen MR) is 55.5 cm³/mol. The number of nitrogens with two attached hydrogens (primary N) is 1. The monoisotopic (exact) mass is 199 g/mol. The average Bonchev–Trinajstić information content (AvgIpc) is 2.42. The molecule has 3 nitrogen and oxygen atoms in total. The number of hydrogen-bond donors (Lipinski definition) is 1. The molecule has 0 spiro atoms. The van der Waals surface area contributed by atoms with Crippen LogP contribution < -0.4 is 5.73 Å². The molecule has 4 heteroatoms. The van der Waals surface area contributed by atoms with E-state index in [9.17, 15) is 0 Å². The lowest BCUT2D eigenvalue weighted by Gasteiger charge is -2.02. The Kier molecular flexibility index (Phi) is 3.51. The van der Waals surface area contributed by atoms with Crippen LogP contribution in [-0.4, -0.2) is 16.3 Å². The van der Waals surface area contributed by atoms with Gasteiger partial charge in [-0.3, -0.25) is 4.68 Å². The van der Waals surface area contributed by atoms with Crippen LogP contribution in [-0.2, 0) is 7.05 Å². The fourth-order valence-electron chi connectivity index (χ4n) is 1.25. The molecule has 1 rings (SSSR count). The molecule has 0 amide bonds. The van der Waals surface area contributed by atoms with Gasteiger partial charge >= 0.3 is 0 Å². The highest BCUT2D eigenvalue weighted by molar-refractivity contribution is 6.32. The fraction of sp³-hybridized carbons (Fsp3) is 0.444. The van der Waals surface area contributed by atoms with Gasteiger partial charge in [0.25, 0.3) is 0 Å². The maximum atomic E-state index is 5.96. The van der Waals surface area contributed by atoms with Crippen molar-refractivity contribution in [2.75, 3.05) is 6.54 Å². The Balaban J connectivity index is 2.93. The molecule has 0 aliphatic rings. The Morgan fingerprint density at radius 2 is 2.46 bits per heavy atom. The van der Waals surface area contributed by atoms with Crippen molar-refractivity contribution in [2.24, 2.45) is 12.8 Å². The van der Waals surface area contributed by atoms with Crippen LogP contribution in [0.5, 0.6) is 0 Å². The molecule has 0 radical (unpaired) electrons. The van der Waals surface area contributed by atoms with E-state index in [0.29, 0.717) is 11.6 Å². The summed E-state index contributed by atoms with van der Waals surface area (Å²) in [5, 5.41) is 4.75. The molecule has 0 aromatic carbocycles. The normalized spacial score (nSPS) is 12.2. The van der Waals surface area contributed by atoms with Crippen LogP contribution in [0.2, 0.25) is 5.02 Å². The molecule has 0 fully saturated rings. The summed E-state index contributed by atoms with van der Waals surface area (Å²) in [4.78, 5) is 0. The van der Waals surface area contributed by atoms with Crippen LogP contribution in [0.4, 0.5) is 0 Å². The first-order valence-electron chi connectivity index (χ1n) is 4.21. The van der Waals surface area contributed by atoms with Gasteiger partial charge in [0.1, 0.15) is 0 Å². The molecule has 1 aromatic heterocycles. The summed E-state index contributed by atoms with van der Waals surface area (Å²) in [5.41, 5.74) is 7.49. The minimum absolute atomic E-state index is 0.660. The van der Waals surface area contributed by atoms with Crippen molar-refractivity contribution in [3.8, 4) is 0 Å². The van der Waals surface area contributed by atoms with E-state index in [0.717, 1.165) is 17.7 Å². The van der Waals surface area contributed by atoms with Gasteiger partial charge in [0.15, 0.2) is 0 Å². The van der Waals surface area contributed by atoms with E-state index in [-0.39, 0.29) is 0 Å². The van der Waals surface area contributed by atoms with Gasteiger partial charge < -0.3 is 5.73 Å². The molecule has 0 saturated heterocycles. The maximum absolute atomic E-state index is 5.96. The van der Waals surface area contributed by atoms with E-state index in [1.807, 2.05) is 14.0 Å². The third-order valence-corrected chi connectivity index (χ3v) is 2.16. The molecule has 0 saturated carbocycles. The van der Waals surface area contributed by atoms with Gasteiger partial charge in [0.2, 0.25) is 0 Å². The largest absolute Gasteiger partial charge is 0.330 e. The van der Waals surface area contributed by atoms with E-state index in [1.165, 1.54) is 0 Å². The molecule has 0 bridgehead atoms. The van der Waals surface area contributed by atoms with Crippen molar-refractivity contribution < 1.29 is 0 Å². The van der Waals surface area contributed by atoms with Gasteiger partial charge in [0.05, 0.1) is 16.9 Å². The number of aryl methyl sites for hydroxylation is 1. The number of allylic oxidation sites excluding steroid dienone is 1. The highest BCUT2D eigenvalue weighted by Gasteiger charge is 2.06. The van der Waals surface area contributed by atoms with E-state index >= 15 is 0 Å². The summed E-state index contributed by atoms with van der Waals surface area (Å²) in [5.74, 6) is 0. The van der Waals surface area contributed by atoms with Gasteiger partial charge in [0, 0.05) is 7.05 Å². The van der Waals surface area contributed by atoms with Gasteiger partial charge in [-0.1, -0.05) is 17.7 Å². The van der Waals surface area contributed by atoms with Crippen LogP contribution in [0.1, 0.15) is 19.0 Å².